The zero-order chi connectivity index (χ0) is 13.2. The molecule has 2 rings (SSSR count). The highest BCUT2D eigenvalue weighted by molar-refractivity contribution is 5.73. The maximum Gasteiger partial charge on any atom is 0.239 e. The summed E-state index contributed by atoms with van der Waals surface area (Å²) in [5, 5.41) is 7.58. The van der Waals surface area contributed by atoms with E-state index in [9.17, 15) is 4.79 Å². The van der Waals surface area contributed by atoms with Crippen LogP contribution in [0.5, 0.6) is 0 Å². The molecule has 0 aliphatic heterocycles. The van der Waals surface area contributed by atoms with Crippen molar-refractivity contribution in [2.45, 2.75) is 52.1 Å². The van der Waals surface area contributed by atoms with Crippen molar-refractivity contribution in [3.63, 3.8) is 0 Å². The first-order chi connectivity index (χ1) is 8.44. The molecule has 0 unspecified atom stereocenters. The third-order valence-electron chi connectivity index (χ3n) is 3.66. The summed E-state index contributed by atoms with van der Waals surface area (Å²) in [6.45, 7) is 4.79. The zero-order valence-corrected chi connectivity index (χ0v) is 11.1. The van der Waals surface area contributed by atoms with E-state index in [1.165, 1.54) is 25.7 Å². The van der Waals surface area contributed by atoms with Gasteiger partial charge >= 0.3 is 0 Å². The first-order valence-corrected chi connectivity index (χ1v) is 6.52. The Balaban J connectivity index is 1.86. The molecular weight excluding hydrogens is 228 g/mol. The van der Waals surface area contributed by atoms with Crippen LogP contribution in [0.15, 0.2) is 12.4 Å². The van der Waals surface area contributed by atoms with Gasteiger partial charge in [0, 0.05) is 12.2 Å². The highest BCUT2D eigenvalue weighted by Gasteiger charge is 2.26. The minimum absolute atomic E-state index is 0.138. The number of primary amides is 1. The van der Waals surface area contributed by atoms with E-state index in [0.717, 1.165) is 5.69 Å². The van der Waals surface area contributed by atoms with Crippen LogP contribution in [0.2, 0.25) is 0 Å². The Morgan fingerprint density at radius 2 is 2.22 bits per heavy atom. The van der Waals surface area contributed by atoms with Crippen LogP contribution in [0.25, 0.3) is 0 Å². The van der Waals surface area contributed by atoms with Gasteiger partial charge in [-0.3, -0.25) is 9.48 Å². The Kier molecular flexibility index (Phi) is 3.59. The van der Waals surface area contributed by atoms with Gasteiger partial charge in [0.2, 0.25) is 5.91 Å². The Hall–Kier alpha value is -1.52. The molecule has 0 saturated heterocycles. The molecule has 1 aliphatic rings. The van der Waals surface area contributed by atoms with Crippen molar-refractivity contribution >= 4 is 11.6 Å². The minimum atomic E-state index is -0.371. The molecule has 0 atom stereocenters. The van der Waals surface area contributed by atoms with E-state index in [0.29, 0.717) is 11.5 Å². The first kappa shape index (κ1) is 12.9. The molecule has 1 heterocycles. The summed E-state index contributed by atoms with van der Waals surface area (Å²) in [5.41, 5.74) is 6.58. The third kappa shape index (κ3) is 3.48. The predicted molar refractivity (Wildman–Crippen MR) is 71.1 cm³/mol. The van der Waals surface area contributed by atoms with Crippen molar-refractivity contribution in [2.75, 3.05) is 5.32 Å². The van der Waals surface area contributed by atoms with Crippen LogP contribution in [-0.2, 0) is 11.3 Å². The molecule has 18 heavy (non-hydrogen) atoms. The number of nitrogens with one attached hydrogen (secondary N) is 1. The average molecular weight is 250 g/mol. The Bertz CT molecular complexity index is 414. The summed E-state index contributed by atoms with van der Waals surface area (Å²) in [6, 6.07) is 0.518. The smallest absolute Gasteiger partial charge is 0.239 e. The fraction of sp³-hybridized carbons (Fsp3) is 0.692. The van der Waals surface area contributed by atoms with Gasteiger partial charge in [0.1, 0.15) is 6.54 Å². The van der Waals surface area contributed by atoms with Crippen LogP contribution >= 0.6 is 0 Å². The molecule has 1 aliphatic carbocycles. The molecule has 1 saturated carbocycles. The number of carbonyl (C=O) groups is 1. The van der Waals surface area contributed by atoms with Crippen molar-refractivity contribution in [1.82, 2.24) is 9.78 Å². The second kappa shape index (κ2) is 5.00. The summed E-state index contributed by atoms with van der Waals surface area (Å²) in [6.07, 6.45) is 8.47. The number of anilines is 1. The minimum Gasteiger partial charge on any atom is -0.380 e. The molecule has 5 nitrogen and oxygen atoms in total. The topological polar surface area (TPSA) is 72.9 Å². The van der Waals surface area contributed by atoms with Crippen LogP contribution < -0.4 is 11.1 Å². The van der Waals surface area contributed by atoms with Crippen LogP contribution in [0.4, 0.5) is 5.69 Å². The molecule has 0 bridgehead atoms. The Labute approximate surface area is 108 Å². The van der Waals surface area contributed by atoms with Crippen molar-refractivity contribution in [3.8, 4) is 0 Å². The molecular formula is C13H22N4O. The largest absolute Gasteiger partial charge is 0.380 e. The zero-order valence-electron chi connectivity index (χ0n) is 11.1. The van der Waals surface area contributed by atoms with Gasteiger partial charge in [0.25, 0.3) is 0 Å². The van der Waals surface area contributed by atoms with Gasteiger partial charge in [-0.05, 0) is 31.1 Å². The van der Waals surface area contributed by atoms with E-state index in [1.54, 1.807) is 10.9 Å². The van der Waals surface area contributed by atoms with Crippen LogP contribution in [0.1, 0.15) is 39.5 Å². The van der Waals surface area contributed by atoms with Gasteiger partial charge in [-0.15, -0.1) is 0 Å². The molecule has 1 aromatic rings. The molecule has 100 valence electrons. The van der Waals surface area contributed by atoms with Crippen LogP contribution in [-0.4, -0.2) is 21.7 Å². The molecule has 0 spiro atoms. The predicted octanol–water partition coefficient (Wildman–Crippen LogP) is 1.75. The fourth-order valence-corrected chi connectivity index (χ4v) is 2.46. The molecule has 3 N–H and O–H groups in total. The quantitative estimate of drug-likeness (QED) is 0.855. The van der Waals surface area contributed by atoms with E-state index in [1.807, 2.05) is 6.20 Å². The first-order valence-electron chi connectivity index (χ1n) is 6.52. The standard InChI is InChI=1S/C13H22N4O/c1-13(2)5-3-10(4-6-13)16-11-7-15-17(8-11)9-12(14)18/h7-8,10,16H,3-6,9H2,1-2H3,(H2,14,18). The maximum absolute atomic E-state index is 10.8. The van der Waals surface area contributed by atoms with Gasteiger partial charge in [0.15, 0.2) is 0 Å². The number of hydrogen-bond donors (Lipinski definition) is 2. The lowest BCUT2D eigenvalue weighted by atomic mass is 9.75. The molecule has 1 aromatic heterocycles. The SMILES string of the molecule is CC1(C)CCC(Nc2cnn(CC(N)=O)c2)CC1. The van der Waals surface area contributed by atoms with E-state index >= 15 is 0 Å². The van der Waals surface area contributed by atoms with E-state index in [-0.39, 0.29) is 12.5 Å². The Morgan fingerprint density at radius 3 is 2.83 bits per heavy atom. The highest BCUT2D eigenvalue weighted by Crippen LogP contribution is 2.35. The average Bonchev–Trinajstić information content (AvgIpc) is 2.68. The number of hydrogen-bond acceptors (Lipinski definition) is 3. The van der Waals surface area contributed by atoms with Gasteiger partial charge in [-0.25, -0.2) is 0 Å². The third-order valence-corrected chi connectivity index (χ3v) is 3.66. The highest BCUT2D eigenvalue weighted by atomic mass is 16.1. The van der Waals surface area contributed by atoms with Crippen molar-refractivity contribution < 1.29 is 4.79 Å². The lowest BCUT2D eigenvalue weighted by Gasteiger charge is -2.34. The second-order valence-electron chi connectivity index (χ2n) is 5.98. The molecule has 0 aromatic carbocycles. The molecule has 0 radical (unpaired) electrons. The number of amides is 1. The molecule has 1 fully saturated rings. The number of carbonyl (C=O) groups excluding carboxylic acids is 1. The maximum atomic E-state index is 10.8. The van der Waals surface area contributed by atoms with Crippen LogP contribution in [0.3, 0.4) is 0 Å². The second-order valence-corrected chi connectivity index (χ2v) is 5.98. The number of nitrogens with zero attached hydrogens (tertiary/aromatic N) is 2. The van der Waals surface area contributed by atoms with Gasteiger partial charge < -0.3 is 11.1 Å². The van der Waals surface area contributed by atoms with Crippen molar-refractivity contribution in [1.29, 1.82) is 0 Å². The van der Waals surface area contributed by atoms with Gasteiger partial charge in [-0.1, -0.05) is 13.8 Å². The van der Waals surface area contributed by atoms with Crippen molar-refractivity contribution in [2.24, 2.45) is 11.1 Å². The van der Waals surface area contributed by atoms with Crippen molar-refractivity contribution in [3.05, 3.63) is 12.4 Å². The monoisotopic (exact) mass is 250 g/mol. The van der Waals surface area contributed by atoms with E-state index in [2.05, 4.69) is 24.3 Å². The summed E-state index contributed by atoms with van der Waals surface area (Å²) in [5.74, 6) is -0.371. The number of aromatic nitrogens is 2. The summed E-state index contributed by atoms with van der Waals surface area (Å²) >= 11 is 0. The normalized spacial score (nSPS) is 19.7. The van der Waals surface area contributed by atoms with Gasteiger partial charge in [-0.2, -0.15) is 5.10 Å². The lowest BCUT2D eigenvalue weighted by Crippen LogP contribution is -2.29. The number of rotatable bonds is 4. The van der Waals surface area contributed by atoms with E-state index in [4.69, 9.17) is 5.73 Å². The van der Waals surface area contributed by atoms with Crippen LogP contribution in [0, 0.1) is 5.41 Å². The van der Waals surface area contributed by atoms with Gasteiger partial charge in [0.05, 0.1) is 11.9 Å². The number of nitrogens with two attached hydrogens (primary N) is 1. The van der Waals surface area contributed by atoms with E-state index < -0.39 is 0 Å². The summed E-state index contributed by atoms with van der Waals surface area (Å²) in [4.78, 5) is 10.8. The summed E-state index contributed by atoms with van der Waals surface area (Å²) < 4.78 is 1.57. The Morgan fingerprint density at radius 1 is 1.56 bits per heavy atom. The fourth-order valence-electron chi connectivity index (χ4n) is 2.46. The molecule has 5 heteroatoms. The lowest BCUT2D eigenvalue weighted by molar-refractivity contribution is -0.118. The summed E-state index contributed by atoms with van der Waals surface area (Å²) in [7, 11) is 0. The molecule has 1 amide bonds.